The number of phenolic OH excluding ortho intramolecular Hbond substituents is 1. The first kappa shape index (κ1) is 22.5. The molecule has 0 saturated heterocycles. The minimum absolute atomic E-state index is 0.0537. The number of aromatic hydroxyl groups is 1. The largest absolute Gasteiger partial charge is 0.507 e. The molecule has 2 rings (SSSR count). The highest BCUT2D eigenvalue weighted by Gasteiger charge is 2.27. The molecule has 5 heteroatoms. The third-order valence-corrected chi connectivity index (χ3v) is 5.49. The van der Waals surface area contributed by atoms with Crippen LogP contribution in [-0.4, -0.2) is 22.3 Å². The molecule has 0 spiro atoms. The van der Waals surface area contributed by atoms with Gasteiger partial charge in [-0.1, -0.05) is 33.8 Å². The molecule has 0 aliphatic rings. The van der Waals surface area contributed by atoms with Gasteiger partial charge >= 0.3 is 0 Å². The third kappa shape index (κ3) is 5.59. The van der Waals surface area contributed by atoms with Crippen LogP contribution in [-0.2, 0) is 0 Å². The Kier molecular flexibility index (Phi) is 6.73. The lowest BCUT2D eigenvalue weighted by molar-refractivity contribution is 0.0833. The molecular weight excluding hydrogens is 364 g/mol. The Bertz CT molecular complexity index is 901. The van der Waals surface area contributed by atoms with Crippen molar-refractivity contribution in [2.75, 3.05) is 10.6 Å². The van der Waals surface area contributed by atoms with Gasteiger partial charge in [0.2, 0.25) is 0 Å². The molecule has 2 aromatic carbocycles. The summed E-state index contributed by atoms with van der Waals surface area (Å²) in [6.07, 6.45) is 1.63. The lowest BCUT2D eigenvalue weighted by atomic mass is 9.81. The Morgan fingerprint density at radius 3 is 2.21 bits per heavy atom. The van der Waals surface area contributed by atoms with Gasteiger partial charge < -0.3 is 15.7 Å². The van der Waals surface area contributed by atoms with E-state index in [-0.39, 0.29) is 22.6 Å². The maximum absolute atomic E-state index is 12.8. The molecule has 156 valence electrons. The van der Waals surface area contributed by atoms with E-state index in [1.165, 1.54) is 12.1 Å². The predicted molar refractivity (Wildman–Crippen MR) is 119 cm³/mol. The van der Waals surface area contributed by atoms with Crippen LogP contribution in [0.5, 0.6) is 5.75 Å². The summed E-state index contributed by atoms with van der Waals surface area (Å²) >= 11 is 0. The zero-order valence-electron chi connectivity index (χ0n) is 18.2. The zero-order valence-corrected chi connectivity index (χ0v) is 18.2. The fraction of sp³-hybridized carbons (Fsp3) is 0.417. The Morgan fingerprint density at radius 1 is 0.931 bits per heavy atom. The maximum Gasteiger partial charge on any atom is 0.259 e. The number of hydrogen-bond donors (Lipinski definition) is 3. The number of anilines is 2. The van der Waals surface area contributed by atoms with E-state index in [2.05, 4.69) is 31.4 Å². The van der Waals surface area contributed by atoms with E-state index in [0.29, 0.717) is 17.7 Å². The fourth-order valence-corrected chi connectivity index (χ4v) is 2.76. The summed E-state index contributed by atoms with van der Waals surface area (Å²) in [5, 5.41) is 16.4. The molecular formula is C24H32N2O3. The van der Waals surface area contributed by atoms with Crippen molar-refractivity contribution in [1.82, 2.24) is 0 Å². The first-order valence-electron chi connectivity index (χ1n) is 10.1. The van der Waals surface area contributed by atoms with Crippen molar-refractivity contribution in [2.45, 2.75) is 59.9 Å². The third-order valence-electron chi connectivity index (χ3n) is 5.49. The van der Waals surface area contributed by atoms with E-state index in [1.807, 2.05) is 39.0 Å². The zero-order chi connectivity index (χ0) is 21.8. The van der Waals surface area contributed by atoms with Gasteiger partial charge in [0.05, 0.1) is 5.56 Å². The van der Waals surface area contributed by atoms with Gasteiger partial charge in [-0.05, 0) is 63.1 Å². The van der Waals surface area contributed by atoms with Crippen LogP contribution >= 0.6 is 0 Å². The van der Waals surface area contributed by atoms with Gasteiger partial charge in [-0.2, -0.15) is 0 Å². The number of amides is 1. The molecule has 0 radical (unpaired) electrons. The summed E-state index contributed by atoms with van der Waals surface area (Å²) in [5.41, 5.74) is 1.40. The van der Waals surface area contributed by atoms with Crippen LogP contribution in [0.15, 0.2) is 42.5 Å². The summed E-state index contributed by atoms with van der Waals surface area (Å²) in [4.78, 5) is 25.5. The van der Waals surface area contributed by atoms with Crippen LogP contribution in [0.2, 0.25) is 0 Å². The lowest BCUT2D eigenvalue weighted by Gasteiger charge is -2.26. The van der Waals surface area contributed by atoms with Gasteiger partial charge in [-0.15, -0.1) is 0 Å². The number of Topliss-reactive ketones (excluding diaryl/α,β-unsaturated/α-hetero) is 1. The molecule has 0 heterocycles. The number of nitrogens with one attached hydrogen (secondary N) is 2. The number of carbonyl (C=O) groups is 2. The maximum atomic E-state index is 12.8. The number of carbonyl (C=O) groups excluding carboxylic acids is 2. The van der Waals surface area contributed by atoms with Crippen LogP contribution < -0.4 is 10.6 Å². The summed E-state index contributed by atoms with van der Waals surface area (Å²) in [7, 11) is 0. The standard InChI is InChI=1S/C24H32N2O3/c1-7-23(3,4)21(28)16-12-13-20(27)19(14-16)22(29)25-17-10-9-11-18(15-17)26-24(5,6)8-2/h9-15,26-27H,7-8H2,1-6H3,(H,25,29). The summed E-state index contributed by atoms with van der Waals surface area (Å²) in [6.45, 7) is 12.0. The Labute approximate surface area is 173 Å². The second-order valence-electron chi connectivity index (χ2n) is 8.70. The average molecular weight is 397 g/mol. The molecule has 0 saturated carbocycles. The van der Waals surface area contributed by atoms with Crippen molar-refractivity contribution in [2.24, 2.45) is 5.41 Å². The van der Waals surface area contributed by atoms with E-state index in [0.717, 1.165) is 12.1 Å². The fourth-order valence-electron chi connectivity index (χ4n) is 2.76. The Balaban J connectivity index is 2.25. The van der Waals surface area contributed by atoms with Crippen LogP contribution in [0, 0.1) is 5.41 Å². The van der Waals surface area contributed by atoms with E-state index < -0.39 is 11.3 Å². The van der Waals surface area contributed by atoms with Crippen molar-refractivity contribution in [3.8, 4) is 5.75 Å². The average Bonchev–Trinajstić information content (AvgIpc) is 2.67. The number of hydrogen-bond acceptors (Lipinski definition) is 4. The molecule has 2 aromatic rings. The summed E-state index contributed by atoms with van der Waals surface area (Å²) < 4.78 is 0. The second-order valence-corrected chi connectivity index (χ2v) is 8.70. The topological polar surface area (TPSA) is 78.4 Å². The molecule has 0 atom stereocenters. The molecule has 0 fully saturated rings. The van der Waals surface area contributed by atoms with Crippen molar-refractivity contribution in [1.29, 1.82) is 0 Å². The minimum atomic E-state index is -0.531. The van der Waals surface area contributed by atoms with Gasteiger partial charge in [0, 0.05) is 27.9 Å². The van der Waals surface area contributed by atoms with Gasteiger partial charge in [-0.3, -0.25) is 9.59 Å². The smallest absolute Gasteiger partial charge is 0.259 e. The monoisotopic (exact) mass is 396 g/mol. The highest BCUT2D eigenvalue weighted by molar-refractivity contribution is 6.09. The number of rotatable bonds is 8. The van der Waals surface area contributed by atoms with Crippen molar-refractivity contribution in [3.63, 3.8) is 0 Å². The van der Waals surface area contributed by atoms with Crippen LogP contribution in [0.4, 0.5) is 11.4 Å². The minimum Gasteiger partial charge on any atom is -0.507 e. The van der Waals surface area contributed by atoms with Crippen LogP contribution in [0.3, 0.4) is 0 Å². The molecule has 3 N–H and O–H groups in total. The van der Waals surface area contributed by atoms with Gasteiger partial charge in [0.25, 0.3) is 5.91 Å². The molecule has 1 amide bonds. The first-order valence-corrected chi connectivity index (χ1v) is 10.1. The first-order chi connectivity index (χ1) is 13.5. The molecule has 0 aliphatic carbocycles. The van der Waals surface area contributed by atoms with Crippen molar-refractivity contribution >= 4 is 23.1 Å². The molecule has 0 bridgehead atoms. The lowest BCUT2D eigenvalue weighted by Crippen LogP contribution is -2.29. The Hall–Kier alpha value is -2.82. The number of benzene rings is 2. The second kappa shape index (κ2) is 8.68. The normalized spacial score (nSPS) is 11.8. The van der Waals surface area contributed by atoms with Crippen LogP contribution in [0.25, 0.3) is 0 Å². The molecule has 29 heavy (non-hydrogen) atoms. The van der Waals surface area contributed by atoms with Gasteiger partial charge in [0.15, 0.2) is 5.78 Å². The van der Waals surface area contributed by atoms with Gasteiger partial charge in [-0.25, -0.2) is 0 Å². The summed E-state index contributed by atoms with van der Waals surface area (Å²) in [6, 6.07) is 11.9. The van der Waals surface area contributed by atoms with Crippen molar-refractivity contribution < 1.29 is 14.7 Å². The SMILES string of the molecule is CCC(C)(C)Nc1cccc(NC(=O)c2cc(C(=O)C(C)(C)CC)ccc2O)c1. The van der Waals surface area contributed by atoms with E-state index in [9.17, 15) is 14.7 Å². The Morgan fingerprint density at radius 2 is 1.59 bits per heavy atom. The molecule has 0 unspecified atom stereocenters. The van der Waals surface area contributed by atoms with Crippen molar-refractivity contribution in [3.05, 3.63) is 53.6 Å². The summed E-state index contributed by atoms with van der Waals surface area (Å²) in [5.74, 6) is -0.671. The van der Waals surface area contributed by atoms with E-state index in [4.69, 9.17) is 0 Å². The predicted octanol–water partition coefficient (Wildman–Crippen LogP) is 5.86. The highest BCUT2D eigenvalue weighted by atomic mass is 16.3. The highest BCUT2D eigenvalue weighted by Crippen LogP contribution is 2.29. The van der Waals surface area contributed by atoms with E-state index >= 15 is 0 Å². The quantitative estimate of drug-likeness (QED) is 0.488. The molecule has 0 aromatic heterocycles. The molecule has 5 nitrogen and oxygen atoms in total. The van der Waals surface area contributed by atoms with E-state index in [1.54, 1.807) is 12.1 Å². The van der Waals surface area contributed by atoms with Gasteiger partial charge in [0.1, 0.15) is 5.75 Å². The number of phenols is 1. The number of ketones is 1. The molecule has 0 aliphatic heterocycles. The van der Waals surface area contributed by atoms with Crippen LogP contribution in [0.1, 0.15) is 75.1 Å².